The molecule has 1 aromatic carbocycles. The fourth-order valence-corrected chi connectivity index (χ4v) is 3.62. The lowest BCUT2D eigenvalue weighted by atomic mass is 10.1. The molecule has 7 nitrogen and oxygen atoms in total. The Hall–Kier alpha value is -3.45. The second-order valence-corrected chi connectivity index (χ2v) is 7.77. The molecule has 7 heteroatoms. The fraction of sp³-hybridized carbons (Fsp3) is 0.261. The number of para-hydroxylation sites is 1. The van der Waals surface area contributed by atoms with Crippen LogP contribution in [-0.4, -0.2) is 52.2 Å². The molecule has 30 heavy (non-hydrogen) atoms. The molecule has 0 bridgehead atoms. The van der Waals surface area contributed by atoms with Crippen LogP contribution in [0.4, 0.5) is 5.82 Å². The van der Waals surface area contributed by atoms with Gasteiger partial charge >= 0.3 is 0 Å². The van der Waals surface area contributed by atoms with Crippen molar-refractivity contribution in [1.29, 1.82) is 0 Å². The molecule has 154 valence electrons. The maximum atomic E-state index is 12.7. The average molecular weight is 403 g/mol. The summed E-state index contributed by atoms with van der Waals surface area (Å²) in [7, 11) is 3.68. The highest BCUT2D eigenvalue weighted by molar-refractivity contribution is 5.93. The highest BCUT2D eigenvalue weighted by Gasteiger charge is 2.19. The van der Waals surface area contributed by atoms with E-state index in [1.54, 1.807) is 30.3 Å². The van der Waals surface area contributed by atoms with Crippen LogP contribution in [0.5, 0.6) is 0 Å². The first-order valence-electron chi connectivity index (χ1n) is 9.90. The molecule has 0 saturated carbocycles. The molecule has 3 heterocycles. The van der Waals surface area contributed by atoms with Gasteiger partial charge in [-0.1, -0.05) is 18.2 Å². The summed E-state index contributed by atoms with van der Waals surface area (Å²) in [5.74, 6) is 0.411. The van der Waals surface area contributed by atoms with E-state index < -0.39 is 0 Å². The third-order valence-corrected chi connectivity index (χ3v) is 5.45. The number of hydrogen-bond donors (Lipinski definition) is 2. The van der Waals surface area contributed by atoms with Crippen LogP contribution in [0.1, 0.15) is 29.8 Å². The molecule has 0 fully saturated rings. The average Bonchev–Trinajstić information content (AvgIpc) is 3.10. The van der Waals surface area contributed by atoms with Crippen molar-refractivity contribution in [3.05, 3.63) is 65.5 Å². The van der Waals surface area contributed by atoms with Crippen LogP contribution in [0.25, 0.3) is 17.0 Å². The molecular formula is C23H25N5O2. The Bertz CT molecular complexity index is 1100. The summed E-state index contributed by atoms with van der Waals surface area (Å²) in [5.41, 5.74) is 3.80. The lowest BCUT2D eigenvalue weighted by Crippen LogP contribution is -2.28. The Morgan fingerprint density at radius 2 is 2.07 bits per heavy atom. The summed E-state index contributed by atoms with van der Waals surface area (Å²) in [6.07, 6.45) is 4.98. The van der Waals surface area contributed by atoms with Crippen molar-refractivity contribution in [2.75, 3.05) is 26.0 Å². The molecular weight excluding hydrogens is 378 g/mol. The highest BCUT2D eigenvalue weighted by atomic mass is 16.2. The molecule has 0 spiro atoms. The molecule has 2 N–H and O–H groups in total. The number of aromatic amines is 1. The highest BCUT2D eigenvalue weighted by Crippen LogP contribution is 2.24. The second kappa shape index (κ2) is 8.12. The van der Waals surface area contributed by atoms with E-state index in [0.29, 0.717) is 18.9 Å². The SMILES string of the molecule is CC(c1cc2ccccc2[nH]1)N(C)C(=O)C=Cc1cnc2c(c1)CN(C)CC(=O)N2. The van der Waals surface area contributed by atoms with Crippen molar-refractivity contribution in [3.8, 4) is 0 Å². The number of nitrogens with one attached hydrogen (secondary N) is 2. The Morgan fingerprint density at radius 1 is 1.27 bits per heavy atom. The molecule has 4 rings (SSSR count). The molecule has 1 unspecified atom stereocenters. The number of pyridine rings is 1. The van der Waals surface area contributed by atoms with Crippen LogP contribution in [0.3, 0.4) is 0 Å². The van der Waals surface area contributed by atoms with Crippen molar-refractivity contribution in [1.82, 2.24) is 19.8 Å². The number of anilines is 1. The number of rotatable bonds is 4. The van der Waals surface area contributed by atoms with Crippen molar-refractivity contribution in [2.24, 2.45) is 0 Å². The monoisotopic (exact) mass is 403 g/mol. The Balaban J connectivity index is 1.48. The number of nitrogens with zero attached hydrogens (tertiary/aromatic N) is 3. The van der Waals surface area contributed by atoms with Crippen LogP contribution in [0, 0.1) is 0 Å². The minimum absolute atomic E-state index is 0.0743. The number of H-pyrrole nitrogens is 1. The van der Waals surface area contributed by atoms with Gasteiger partial charge in [-0.15, -0.1) is 0 Å². The number of hydrogen-bond acceptors (Lipinski definition) is 4. The van der Waals surface area contributed by atoms with Gasteiger partial charge in [0.15, 0.2) is 0 Å². The first kappa shape index (κ1) is 19.8. The van der Waals surface area contributed by atoms with Crippen LogP contribution >= 0.6 is 0 Å². The maximum Gasteiger partial charge on any atom is 0.246 e. The molecule has 1 atom stereocenters. The zero-order valence-electron chi connectivity index (χ0n) is 17.3. The summed E-state index contributed by atoms with van der Waals surface area (Å²) in [6, 6.07) is 12.0. The van der Waals surface area contributed by atoms with Crippen LogP contribution < -0.4 is 5.32 Å². The Kier molecular flexibility index (Phi) is 5.37. The smallest absolute Gasteiger partial charge is 0.246 e. The lowest BCUT2D eigenvalue weighted by Gasteiger charge is -2.22. The van der Waals surface area contributed by atoms with Crippen molar-refractivity contribution >= 4 is 34.6 Å². The summed E-state index contributed by atoms with van der Waals surface area (Å²) in [6.45, 7) is 2.95. The first-order chi connectivity index (χ1) is 14.4. The van der Waals surface area contributed by atoms with E-state index in [1.807, 2.05) is 43.1 Å². The molecule has 1 aliphatic rings. The minimum atomic E-state index is -0.0958. The largest absolute Gasteiger partial charge is 0.357 e. The fourth-order valence-electron chi connectivity index (χ4n) is 3.62. The molecule has 0 saturated heterocycles. The summed E-state index contributed by atoms with van der Waals surface area (Å²) < 4.78 is 0. The second-order valence-electron chi connectivity index (χ2n) is 7.77. The summed E-state index contributed by atoms with van der Waals surface area (Å²) >= 11 is 0. The van der Waals surface area contributed by atoms with Gasteiger partial charge in [0.1, 0.15) is 5.82 Å². The third kappa shape index (κ3) is 4.11. The van der Waals surface area contributed by atoms with E-state index >= 15 is 0 Å². The topological polar surface area (TPSA) is 81.3 Å². The van der Waals surface area contributed by atoms with Gasteiger partial charge in [-0.2, -0.15) is 0 Å². The Morgan fingerprint density at radius 3 is 2.87 bits per heavy atom. The summed E-state index contributed by atoms with van der Waals surface area (Å²) in [4.78, 5) is 35.9. The normalized spacial score (nSPS) is 15.6. The molecule has 0 aliphatic carbocycles. The number of likely N-dealkylation sites (N-methyl/N-ethyl adjacent to an activating group) is 2. The van der Waals surface area contributed by atoms with Gasteiger partial charge in [0.05, 0.1) is 12.6 Å². The lowest BCUT2D eigenvalue weighted by molar-refractivity contribution is -0.126. The number of amides is 2. The van der Waals surface area contributed by atoms with Crippen molar-refractivity contribution in [3.63, 3.8) is 0 Å². The standard InChI is InChI=1S/C23H25N5O2/c1-15(20-11-17-6-4-5-7-19(17)25-20)28(3)22(30)9-8-16-10-18-13-27(2)14-21(29)26-23(18)24-12-16/h4-12,15,25H,13-14H2,1-3H3,(H,24,26,29). The van der Waals surface area contributed by atoms with Gasteiger partial charge in [0, 0.05) is 42.6 Å². The van der Waals surface area contributed by atoms with Gasteiger partial charge in [-0.05, 0) is 49.2 Å². The van der Waals surface area contributed by atoms with Crippen molar-refractivity contribution < 1.29 is 9.59 Å². The third-order valence-electron chi connectivity index (χ3n) is 5.45. The molecule has 2 amide bonds. The predicted octanol–water partition coefficient (Wildman–Crippen LogP) is 3.18. The number of benzene rings is 1. The number of aromatic nitrogens is 2. The van der Waals surface area contributed by atoms with E-state index in [1.165, 1.54) is 0 Å². The quantitative estimate of drug-likeness (QED) is 0.656. The van der Waals surface area contributed by atoms with Crippen LogP contribution in [-0.2, 0) is 16.1 Å². The van der Waals surface area contributed by atoms with Crippen LogP contribution in [0.15, 0.2) is 48.7 Å². The molecule has 3 aromatic rings. The minimum Gasteiger partial charge on any atom is -0.357 e. The predicted molar refractivity (Wildman–Crippen MR) is 118 cm³/mol. The molecule has 2 aromatic heterocycles. The molecule has 0 radical (unpaired) electrons. The van der Waals surface area contributed by atoms with Gasteiger partial charge in [0.25, 0.3) is 0 Å². The zero-order chi connectivity index (χ0) is 21.3. The van der Waals surface area contributed by atoms with E-state index in [0.717, 1.165) is 27.7 Å². The van der Waals surface area contributed by atoms with E-state index in [9.17, 15) is 9.59 Å². The van der Waals surface area contributed by atoms with Gasteiger partial charge in [-0.3, -0.25) is 14.5 Å². The zero-order valence-corrected chi connectivity index (χ0v) is 17.3. The van der Waals surface area contributed by atoms with Crippen molar-refractivity contribution in [2.45, 2.75) is 19.5 Å². The van der Waals surface area contributed by atoms with Gasteiger partial charge < -0.3 is 15.2 Å². The van der Waals surface area contributed by atoms with E-state index in [-0.39, 0.29) is 17.9 Å². The van der Waals surface area contributed by atoms with Crippen LogP contribution in [0.2, 0.25) is 0 Å². The number of carbonyl (C=O) groups excluding carboxylic acids is 2. The first-order valence-corrected chi connectivity index (χ1v) is 9.90. The number of carbonyl (C=O) groups is 2. The van der Waals surface area contributed by atoms with E-state index in [2.05, 4.69) is 27.4 Å². The number of fused-ring (bicyclic) bond motifs is 2. The summed E-state index contributed by atoms with van der Waals surface area (Å²) in [5, 5.41) is 3.94. The van der Waals surface area contributed by atoms with Gasteiger partial charge in [-0.25, -0.2) is 4.98 Å². The molecule has 1 aliphatic heterocycles. The Labute approximate surface area is 175 Å². The van der Waals surface area contributed by atoms with E-state index in [4.69, 9.17) is 0 Å². The maximum absolute atomic E-state index is 12.7. The van der Waals surface area contributed by atoms with Gasteiger partial charge in [0.2, 0.25) is 11.8 Å².